The molecule has 0 aromatic carbocycles. The van der Waals surface area contributed by atoms with Crippen molar-refractivity contribution in [2.24, 2.45) is 0 Å². The van der Waals surface area contributed by atoms with Gasteiger partial charge in [0.1, 0.15) is 0 Å². The summed E-state index contributed by atoms with van der Waals surface area (Å²) >= 11 is 1.48. The van der Waals surface area contributed by atoms with Crippen molar-refractivity contribution in [3.8, 4) is 0 Å². The SMILES string of the molecule is O=C(NCCNC1CC1)c1cccs1. The second-order valence-corrected chi connectivity index (χ2v) is 4.41. The van der Waals surface area contributed by atoms with Gasteiger partial charge in [0, 0.05) is 19.1 Å². The summed E-state index contributed by atoms with van der Waals surface area (Å²) in [6, 6.07) is 4.45. The Morgan fingerprint density at radius 3 is 3.00 bits per heavy atom. The molecule has 0 atom stereocenters. The summed E-state index contributed by atoms with van der Waals surface area (Å²) < 4.78 is 0. The van der Waals surface area contributed by atoms with Crippen molar-refractivity contribution < 1.29 is 4.79 Å². The van der Waals surface area contributed by atoms with Crippen molar-refractivity contribution in [2.75, 3.05) is 13.1 Å². The van der Waals surface area contributed by atoms with Crippen molar-refractivity contribution in [3.63, 3.8) is 0 Å². The molecular formula is C10H14N2OS. The van der Waals surface area contributed by atoms with Crippen LogP contribution in [0.2, 0.25) is 0 Å². The Morgan fingerprint density at radius 1 is 1.50 bits per heavy atom. The van der Waals surface area contributed by atoms with Gasteiger partial charge in [-0.25, -0.2) is 0 Å². The highest BCUT2D eigenvalue weighted by Gasteiger charge is 2.19. The van der Waals surface area contributed by atoms with Crippen LogP contribution in [0.5, 0.6) is 0 Å². The Balaban J connectivity index is 1.62. The fourth-order valence-corrected chi connectivity index (χ4v) is 1.87. The first-order chi connectivity index (χ1) is 6.86. The van der Waals surface area contributed by atoms with Crippen LogP contribution in [0, 0.1) is 0 Å². The Morgan fingerprint density at radius 2 is 2.36 bits per heavy atom. The zero-order chi connectivity index (χ0) is 9.80. The number of carbonyl (C=O) groups is 1. The molecule has 2 rings (SSSR count). The van der Waals surface area contributed by atoms with Gasteiger partial charge in [-0.05, 0) is 24.3 Å². The van der Waals surface area contributed by atoms with E-state index in [0.717, 1.165) is 11.4 Å². The van der Waals surface area contributed by atoms with Crippen LogP contribution < -0.4 is 10.6 Å². The van der Waals surface area contributed by atoms with Crippen LogP contribution in [-0.2, 0) is 0 Å². The third-order valence-corrected chi connectivity index (χ3v) is 3.03. The fraction of sp³-hybridized carbons (Fsp3) is 0.500. The van der Waals surface area contributed by atoms with E-state index in [-0.39, 0.29) is 5.91 Å². The molecule has 1 saturated carbocycles. The quantitative estimate of drug-likeness (QED) is 0.718. The van der Waals surface area contributed by atoms with Crippen LogP contribution in [-0.4, -0.2) is 25.0 Å². The maximum atomic E-state index is 11.4. The van der Waals surface area contributed by atoms with Gasteiger partial charge in [0.25, 0.3) is 5.91 Å². The molecule has 0 unspecified atom stereocenters. The molecule has 0 spiro atoms. The first-order valence-electron chi connectivity index (χ1n) is 4.91. The summed E-state index contributed by atoms with van der Waals surface area (Å²) in [6.07, 6.45) is 2.58. The zero-order valence-electron chi connectivity index (χ0n) is 7.95. The summed E-state index contributed by atoms with van der Waals surface area (Å²) in [5, 5.41) is 8.14. The van der Waals surface area contributed by atoms with E-state index in [2.05, 4.69) is 10.6 Å². The first-order valence-corrected chi connectivity index (χ1v) is 5.79. The maximum Gasteiger partial charge on any atom is 0.261 e. The van der Waals surface area contributed by atoms with Gasteiger partial charge in [-0.1, -0.05) is 6.07 Å². The van der Waals surface area contributed by atoms with Gasteiger partial charge in [-0.2, -0.15) is 0 Å². The molecule has 0 bridgehead atoms. The van der Waals surface area contributed by atoms with Crippen molar-refractivity contribution in [1.82, 2.24) is 10.6 Å². The summed E-state index contributed by atoms with van der Waals surface area (Å²) in [5.74, 6) is 0.0394. The van der Waals surface area contributed by atoms with Crippen LogP contribution in [0.25, 0.3) is 0 Å². The third-order valence-electron chi connectivity index (χ3n) is 2.17. The Hall–Kier alpha value is -0.870. The molecule has 0 saturated heterocycles. The van der Waals surface area contributed by atoms with Gasteiger partial charge < -0.3 is 10.6 Å². The van der Waals surface area contributed by atoms with Crippen LogP contribution in [0.1, 0.15) is 22.5 Å². The molecule has 0 radical (unpaired) electrons. The Labute approximate surface area is 87.5 Å². The number of nitrogens with one attached hydrogen (secondary N) is 2. The predicted molar refractivity (Wildman–Crippen MR) is 57.7 cm³/mol. The highest BCUT2D eigenvalue weighted by Crippen LogP contribution is 2.17. The topological polar surface area (TPSA) is 41.1 Å². The molecule has 1 amide bonds. The number of thiophene rings is 1. The minimum atomic E-state index is 0.0394. The van der Waals surface area contributed by atoms with Gasteiger partial charge in [-0.15, -0.1) is 11.3 Å². The van der Waals surface area contributed by atoms with Gasteiger partial charge >= 0.3 is 0 Å². The largest absolute Gasteiger partial charge is 0.350 e. The molecule has 14 heavy (non-hydrogen) atoms. The predicted octanol–water partition coefficient (Wildman–Crippen LogP) is 1.23. The van der Waals surface area contributed by atoms with Gasteiger partial charge in [-0.3, -0.25) is 4.79 Å². The first kappa shape index (κ1) is 9.68. The fourth-order valence-electron chi connectivity index (χ4n) is 1.23. The molecule has 4 heteroatoms. The summed E-state index contributed by atoms with van der Waals surface area (Å²) in [7, 11) is 0. The van der Waals surface area contributed by atoms with Crippen LogP contribution in [0.3, 0.4) is 0 Å². The standard InChI is InChI=1S/C10H14N2OS/c13-10(9-2-1-7-14-9)12-6-5-11-8-3-4-8/h1-2,7-8,11H,3-6H2,(H,12,13). The Kier molecular flexibility index (Phi) is 3.16. The van der Waals surface area contributed by atoms with Crippen LogP contribution in [0.15, 0.2) is 17.5 Å². The van der Waals surface area contributed by atoms with E-state index in [1.807, 2.05) is 17.5 Å². The van der Waals surface area contributed by atoms with E-state index < -0.39 is 0 Å². The van der Waals surface area contributed by atoms with Gasteiger partial charge in [0.05, 0.1) is 4.88 Å². The lowest BCUT2D eigenvalue weighted by Crippen LogP contribution is -2.32. The highest BCUT2D eigenvalue weighted by atomic mass is 32.1. The monoisotopic (exact) mass is 210 g/mol. The number of hydrogen-bond acceptors (Lipinski definition) is 3. The van der Waals surface area contributed by atoms with E-state index in [1.54, 1.807) is 0 Å². The molecule has 0 aliphatic heterocycles. The van der Waals surface area contributed by atoms with E-state index >= 15 is 0 Å². The maximum absolute atomic E-state index is 11.4. The van der Waals surface area contributed by atoms with Crippen LogP contribution >= 0.6 is 11.3 Å². The number of amides is 1. The van der Waals surface area contributed by atoms with E-state index in [0.29, 0.717) is 12.6 Å². The van der Waals surface area contributed by atoms with E-state index in [9.17, 15) is 4.79 Å². The second kappa shape index (κ2) is 4.57. The molecule has 1 aromatic heterocycles. The summed E-state index contributed by atoms with van der Waals surface area (Å²) in [5.41, 5.74) is 0. The van der Waals surface area contributed by atoms with E-state index in [4.69, 9.17) is 0 Å². The normalized spacial score (nSPS) is 15.4. The minimum absolute atomic E-state index is 0.0394. The molecular weight excluding hydrogens is 196 g/mol. The van der Waals surface area contributed by atoms with Crippen molar-refractivity contribution in [1.29, 1.82) is 0 Å². The summed E-state index contributed by atoms with van der Waals surface area (Å²) in [6.45, 7) is 1.59. The van der Waals surface area contributed by atoms with Crippen molar-refractivity contribution in [3.05, 3.63) is 22.4 Å². The highest BCUT2D eigenvalue weighted by molar-refractivity contribution is 7.12. The Bertz CT molecular complexity index is 293. The molecule has 2 N–H and O–H groups in total. The average Bonchev–Trinajstić information content (AvgIpc) is 2.84. The molecule has 3 nitrogen and oxygen atoms in total. The molecule has 1 fully saturated rings. The third kappa shape index (κ3) is 2.82. The zero-order valence-corrected chi connectivity index (χ0v) is 8.77. The lowest BCUT2D eigenvalue weighted by atomic mass is 10.4. The van der Waals surface area contributed by atoms with Crippen LogP contribution in [0.4, 0.5) is 0 Å². The molecule has 1 aliphatic carbocycles. The van der Waals surface area contributed by atoms with Gasteiger partial charge in [0.2, 0.25) is 0 Å². The number of hydrogen-bond donors (Lipinski definition) is 2. The second-order valence-electron chi connectivity index (χ2n) is 3.46. The smallest absolute Gasteiger partial charge is 0.261 e. The molecule has 1 aliphatic rings. The molecule has 1 heterocycles. The average molecular weight is 210 g/mol. The number of rotatable bonds is 5. The lowest BCUT2D eigenvalue weighted by molar-refractivity contribution is 0.0958. The van der Waals surface area contributed by atoms with E-state index in [1.165, 1.54) is 24.2 Å². The van der Waals surface area contributed by atoms with Crippen molar-refractivity contribution in [2.45, 2.75) is 18.9 Å². The molecule has 76 valence electrons. The lowest BCUT2D eigenvalue weighted by Gasteiger charge is -2.04. The summed E-state index contributed by atoms with van der Waals surface area (Å²) in [4.78, 5) is 12.2. The van der Waals surface area contributed by atoms with Crippen molar-refractivity contribution >= 4 is 17.2 Å². The number of carbonyl (C=O) groups excluding carboxylic acids is 1. The minimum Gasteiger partial charge on any atom is -0.350 e. The van der Waals surface area contributed by atoms with Gasteiger partial charge in [0.15, 0.2) is 0 Å². The molecule has 1 aromatic rings.